The molecule has 1 saturated heterocycles. The van der Waals surface area contributed by atoms with E-state index in [0.29, 0.717) is 18.7 Å². The highest BCUT2D eigenvalue weighted by atomic mass is 16.5. The Balaban J connectivity index is 1.57. The van der Waals surface area contributed by atoms with Gasteiger partial charge in [0.2, 0.25) is 0 Å². The summed E-state index contributed by atoms with van der Waals surface area (Å²) < 4.78 is 11.3. The third-order valence-corrected chi connectivity index (χ3v) is 5.04. The van der Waals surface area contributed by atoms with E-state index in [9.17, 15) is 4.79 Å². The maximum atomic E-state index is 12.6. The number of nitrogens with zero attached hydrogens (tertiary/aromatic N) is 1. The molecule has 0 saturated carbocycles. The Morgan fingerprint density at radius 3 is 2.63 bits per heavy atom. The first kappa shape index (κ1) is 19.5. The molecule has 1 unspecified atom stereocenters. The van der Waals surface area contributed by atoms with Gasteiger partial charge in [-0.3, -0.25) is 9.69 Å². The van der Waals surface area contributed by atoms with E-state index in [2.05, 4.69) is 17.1 Å². The van der Waals surface area contributed by atoms with Gasteiger partial charge in [-0.25, -0.2) is 0 Å². The number of hydrogen-bond acceptors (Lipinski definition) is 4. The molecule has 0 radical (unpaired) electrons. The van der Waals surface area contributed by atoms with Gasteiger partial charge in [0.25, 0.3) is 5.91 Å². The Morgan fingerprint density at radius 2 is 1.96 bits per heavy atom. The van der Waals surface area contributed by atoms with Crippen LogP contribution in [0.2, 0.25) is 0 Å². The minimum atomic E-state index is -0.0660. The van der Waals surface area contributed by atoms with Crippen molar-refractivity contribution in [2.75, 3.05) is 26.2 Å². The van der Waals surface area contributed by atoms with Crippen LogP contribution in [0.3, 0.4) is 0 Å². The fourth-order valence-electron chi connectivity index (χ4n) is 3.45. The molecule has 0 spiro atoms. The van der Waals surface area contributed by atoms with Crippen LogP contribution in [-0.2, 0) is 0 Å². The number of furan rings is 1. The summed E-state index contributed by atoms with van der Waals surface area (Å²) in [4.78, 5) is 15.0. The van der Waals surface area contributed by atoms with E-state index < -0.39 is 0 Å². The van der Waals surface area contributed by atoms with Crippen molar-refractivity contribution in [1.29, 1.82) is 0 Å². The molecule has 1 amide bonds. The van der Waals surface area contributed by atoms with Crippen LogP contribution in [0.1, 0.15) is 61.2 Å². The molecule has 1 N–H and O–H groups in total. The summed E-state index contributed by atoms with van der Waals surface area (Å²) in [5.41, 5.74) is 0.648. The van der Waals surface area contributed by atoms with Crippen molar-refractivity contribution in [3.05, 3.63) is 54.0 Å². The lowest BCUT2D eigenvalue weighted by Crippen LogP contribution is -2.40. The van der Waals surface area contributed by atoms with Gasteiger partial charge in [-0.2, -0.15) is 0 Å². The van der Waals surface area contributed by atoms with Crippen LogP contribution >= 0.6 is 0 Å². The molecule has 1 aliphatic rings. The first-order valence-electron chi connectivity index (χ1n) is 10.1. The molecule has 2 aromatic rings. The van der Waals surface area contributed by atoms with Crippen molar-refractivity contribution in [2.45, 2.75) is 45.1 Å². The molecule has 1 aromatic heterocycles. The summed E-state index contributed by atoms with van der Waals surface area (Å²) in [5.74, 6) is 1.65. The first-order valence-corrected chi connectivity index (χ1v) is 10.1. The predicted octanol–water partition coefficient (Wildman–Crippen LogP) is 4.42. The molecule has 1 fully saturated rings. The van der Waals surface area contributed by atoms with Gasteiger partial charge < -0.3 is 14.5 Å². The van der Waals surface area contributed by atoms with Gasteiger partial charge >= 0.3 is 0 Å². The Labute approximate surface area is 161 Å². The highest BCUT2D eigenvalue weighted by molar-refractivity contribution is 5.94. The van der Waals surface area contributed by atoms with Crippen molar-refractivity contribution in [2.24, 2.45) is 0 Å². The van der Waals surface area contributed by atoms with E-state index in [1.807, 2.05) is 36.4 Å². The lowest BCUT2D eigenvalue weighted by Gasteiger charge is -2.33. The Kier molecular flexibility index (Phi) is 7.34. The van der Waals surface area contributed by atoms with Crippen molar-refractivity contribution >= 4 is 5.91 Å². The van der Waals surface area contributed by atoms with Gasteiger partial charge in [0, 0.05) is 12.1 Å². The molecule has 1 atom stereocenters. The molecule has 5 heteroatoms. The van der Waals surface area contributed by atoms with Gasteiger partial charge in [0.1, 0.15) is 11.5 Å². The maximum absolute atomic E-state index is 12.6. The van der Waals surface area contributed by atoms with Crippen LogP contribution in [0, 0.1) is 0 Å². The molecular formula is C22H30N2O3. The molecule has 27 heavy (non-hydrogen) atoms. The number of rotatable bonds is 9. The summed E-state index contributed by atoms with van der Waals surface area (Å²) in [6, 6.07) is 11.3. The number of carbonyl (C=O) groups is 1. The highest BCUT2D eigenvalue weighted by Crippen LogP contribution is 2.24. The fourth-order valence-corrected chi connectivity index (χ4v) is 3.45. The third kappa shape index (κ3) is 5.60. The average Bonchev–Trinajstić information content (AvgIpc) is 3.24. The lowest BCUT2D eigenvalue weighted by molar-refractivity contribution is 0.0914. The van der Waals surface area contributed by atoms with E-state index in [-0.39, 0.29) is 11.9 Å². The number of nitrogens with one attached hydrogen (secondary N) is 1. The minimum Gasteiger partial charge on any atom is -0.494 e. The molecule has 2 heterocycles. The average molecular weight is 370 g/mol. The number of amides is 1. The zero-order valence-electron chi connectivity index (χ0n) is 16.2. The van der Waals surface area contributed by atoms with Crippen LogP contribution in [0.4, 0.5) is 0 Å². The number of benzene rings is 1. The largest absolute Gasteiger partial charge is 0.494 e. The third-order valence-electron chi connectivity index (χ3n) is 5.04. The summed E-state index contributed by atoms with van der Waals surface area (Å²) in [6.45, 7) is 5.48. The number of piperidine rings is 1. The summed E-state index contributed by atoms with van der Waals surface area (Å²) in [7, 11) is 0. The Hall–Kier alpha value is -2.27. The van der Waals surface area contributed by atoms with Crippen LogP contribution in [0.5, 0.6) is 5.75 Å². The summed E-state index contributed by atoms with van der Waals surface area (Å²) >= 11 is 0. The smallest absolute Gasteiger partial charge is 0.251 e. The van der Waals surface area contributed by atoms with Crippen LogP contribution in [0.25, 0.3) is 0 Å². The highest BCUT2D eigenvalue weighted by Gasteiger charge is 2.25. The molecular weight excluding hydrogens is 340 g/mol. The number of unbranched alkanes of at least 4 members (excludes halogenated alkanes) is 1. The van der Waals surface area contributed by atoms with Gasteiger partial charge in [-0.05, 0) is 68.8 Å². The molecule has 3 rings (SSSR count). The van der Waals surface area contributed by atoms with Gasteiger partial charge in [-0.15, -0.1) is 0 Å². The predicted molar refractivity (Wildman–Crippen MR) is 106 cm³/mol. The molecule has 0 bridgehead atoms. The van der Waals surface area contributed by atoms with Gasteiger partial charge in [0.15, 0.2) is 0 Å². The van der Waals surface area contributed by atoms with E-state index in [4.69, 9.17) is 9.15 Å². The van der Waals surface area contributed by atoms with Crippen LogP contribution in [-0.4, -0.2) is 37.0 Å². The second-order valence-corrected chi connectivity index (χ2v) is 7.06. The molecule has 0 aliphatic carbocycles. The lowest BCUT2D eigenvalue weighted by atomic mass is 10.1. The maximum Gasteiger partial charge on any atom is 0.251 e. The number of carbonyl (C=O) groups excluding carboxylic acids is 1. The number of hydrogen-bond donors (Lipinski definition) is 1. The minimum absolute atomic E-state index is 0.0660. The Bertz CT molecular complexity index is 676. The van der Waals surface area contributed by atoms with E-state index in [1.54, 1.807) is 6.26 Å². The monoisotopic (exact) mass is 370 g/mol. The van der Waals surface area contributed by atoms with Crippen molar-refractivity contribution in [1.82, 2.24) is 10.2 Å². The second-order valence-electron chi connectivity index (χ2n) is 7.06. The molecule has 5 nitrogen and oxygen atoms in total. The van der Waals surface area contributed by atoms with Crippen molar-refractivity contribution in [3.63, 3.8) is 0 Å². The van der Waals surface area contributed by atoms with Crippen LogP contribution < -0.4 is 10.1 Å². The zero-order valence-corrected chi connectivity index (χ0v) is 16.2. The van der Waals surface area contributed by atoms with Crippen LogP contribution in [0.15, 0.2) is 47.1 Å². The van der Waals surface area contributed by atoms with Gasteiger partial charge in [-0.1, -0.05) is 19.8 Å². The quantitative estimate of drug-likeness (QED) is 0.664. The van der Waals surface area contributed by atoms with E-state index in [1.165, 1.54) is 19.3 Å². The number of likely N-dealkylation sites (tertiary alicyclic amines) is 1. The normalized spacial score (nSPS) is 16.0. The molecule has 146 valence electrons. The van der Waals surface area contributed by atoms with E-state index >= 15 is 0 Å². The standard InChI is InChI=1S/C22H30N2O3/c1-2-3-15-26-19-11-9-18(10-12-19)22(25)23-17-20(21-8-7-16-27-21)24-13-5-4-6-14-24/h7-12,16,20H,2-6,13-15,17H2,1H3,(H,23,25). The first-order chi connectivity index (χ1) is 13.3. The zero-order chi connectivity index (χ0) is 18.9. The summed E-state index contributed by atoms with van der Waals surface area (Å²) in [6.07, 6.45) is 7.52. The number of ether oxygens (including phenoxy) is 1. The summed E-state index contributed by atoms with van der Waals surface area (Å²) in [5, 5.41) is 3.07. The topological polar surface area (TPSA) is 54.7 Å². The van der Waals surface area contributed by atoms with Crippen molar-refractivity contribution < 1.29 is 13.9 Å². The SMILES string of the molecule is CCCCOc1ccc(C(=O)NCC(c2ccco2)N2CCCCC2)cc1. The van der Waals surface area contributed by atoms with Crippen molar-refractivity contribution in [3.8, 4) is 5.75 Å². The molecule has 1 aromatic carbocycles. The fraction of sp³-hybridized carbons (Fsp3) is 0.500. The van der Waals surface area contributed by atoms with Gasteiger partial charge in [0.05, 0.1) is 18.9 Å². The van der Waals surface area contributed by atoms with E-state index in [0.717, 1.165) is 37.4 Å². The Morgan fingerprint density at radius 1 is 1.19 bits per heavy atom. The molecule has 1 aliphatic heterocycles. The second kappa shape index (κ2) is 10.2.